The summed E-state index contributed by atoms with van der Waals surface area (Å²) in [6, 6.07) is 0. The number of hydrogen-bond donors (Lipinski definition) is 0. The van der Waals surface area contributed by atoms with Gasteiger partial charge in [-0.1, -0.05) is 25.8 Å². The second kappa shape index (κ2) is 2.20. The Balaban J connectivity index is 3.00. The van der Waals surface area contributed by atoms with Gasteiger partial charge in [0.2, 0.25) is 0 Å². The van der Waals surface area contributed by atoms with Crippen molar-refractivity contribution >= 4 is 14.8 Å². The Morgan fingerprint density at radius 2 is 2.18 bits per heavy atom. The normalized spacial score (nSPS) is 35.7. The third-order valence-electron chi connectivity index (χ3n) is 3.07. The molecule has 1 atom stereocenters. The molecule has 0 N–H and O–H groups in total. The molecule has 66 valence electrons. The SMILES string of the molecule is C=S1(C)(N(C)CC)C=CC1C. The van der Waals surface area contributed by atoms with Crippen molar-refractivity contribution in [2.75, 3.05) is 19.8 Å². The molecule has 1 nitrogen and oxygen atoms in total. The summed E-state index contributed by atoms with van der Waals surface area (Å²) in [5.41, 5.74) is 0. The molecule has 2 heteroatoms. The minimum absolute atomic E-state index is 0.664. The largest absolute Gasteiger partial charge is 0.272 e. The molecule has 0 saturated heterocycles. The fourth-order valence-electron chi connectivity index (χ4n) is 1.33. The van der Waals surface area contributed by atoms with Crippen LogP contribution in [0.25, 0.3) is 0 Å². The predicted octanol–water partition coefficient (Wildman–Crippen LogP) is 2.17. The van der Waals surface area contributed by atoms with E-state index in [-0.39, 0.29) is 0 Å². The van der Waals surface area contributed by atoms with Gasteiger partial charge in [-0.2, -0.15) is 8.94 Å². The minimum atomic E-state index is -1.52. The highest BCUT2D eigenvalue weighted by molar-refractivity contribution is 8.47. The standard InChI is InChI=1S/C9H19NS/c1-6-10(3)11(4,5)8-7-9(11)2/h7-9H,4,6H2,1-3,5H3. The monoisotopic (exact) mass is 173 g/mol. The van der Waals surface area contributed by atoms with Crippen LogP contribution in [0.4, 0.5) is 0 Å². The highest BCUT2D eigenvalue weighted by Crippen LogP contribution is 2.67. The molecule has 1 aliphatic heterocycles. The van der Waals surface area contributed by atoms with Gasteiger partial charge in [0.15, 0.2) is 0 Å². The second-order valence-corrected chi connectivity index (χ2v) is 8.87. The zero-order chi connectivity index (χ0) is 8.72. The summed E-state index contributed by atoms with van der Waals surface area (Å²) in [4.78, 5) is 0. The molecule has 0 radical (unpaired) electrons. The summed E-state index contributed by atoms with van der Waals surface area (Å²) < 4.78 is 2.40. The van der Waals surface area contributed by atoms with Gasteiger partial charge in [0.25, 0.3) is 0 Å². The first-order chi connectivity index (χ1) is 4.91. The average molecular weight is 173 g/mol. The van der Waals surface area contributed by atoms with Crippen LogP contribution in [0, 0.1) is 0 Å². The van der Waals surface area contributed by atoms with Crippen molar-refractivity contribution in [3.8, 4) is 0 Å². The maximum Gasteiger partial charge on any atom is 0.0151 e. The van der Waals surface area contributed by atoms with E-state index in [1.165, 1.54) is 0 Å². The molecule has 1 rings (SSSR count). The molecular weight excluding hydrogens is 154 g/mol. The lowest BCUT2D eigenvalue weighted by atomic mass is 10.5. The van der Waals surface area contributed by atoms with Gasteiger partial charge in [0.05, 0.1) is 0 Å². The highest BCUT2D eigenvalue weighted by Gasteiger charge is 2.36. The maximum atomic E-state index is 4.41. The Kier molecular flexibility index (Phi) is 1.81. The zero-order valence-electron chi connectivity index (χ0n) is 8.00. The van der Waals surface area contributed by atoms with Gasteiger partial charge in [-0.15, -0.1) is 0 Å². The molecule has 0 spiro atoms. The lowest BCUT2D eigenvalue weighted by molar-refractivity contribution is 0.580. The van der Waals surface area contributed by atoms with Crippen molar-refractivity contribution in [1.82, 2.24) is 4.31 Å². The molecule has 11 heavy (non-hydrogen) atoms. The van der Waals surface area contributed by atoms with Crippen molar-refractivity contribution in [3.05, 3.63) is 11.5 Å². The van der Waals surface area contributed by atoms with Crippen LogP contribution in [0.1, 0.15) is 13.8 Å². The Labute approximate surface area is 70.1 Å². The first-order valence-corrected chi connectivity index (χ1v) is 6.77. The van der Waals surface area contributed by atoms with Crippen LogP contribution in [-0.4, -0.2) is 35.3 Å². The van der Waals surface area contributed by atoms with Gasteiger partial charge in [0, 0.05) is 11.8 Å². The Morgan fingerprint density at radius 3 is 2.27 bits per heavy atom. The third-order valence-corrected chi connectivity index (χ3v) is 8.21. The zero-order valence-corrected chi connectivity index (χ0v) is 8.82. The quantitative estimate of drug-likeness (QED) is 0.578. The molecule has 1 unspecified atom stereocenters. The Hall–Kier alpha value is -0.0800. The fraction of sp³-hybridized carbons (Fsp3) is 0.667. The maximum absolute atomic E-state index is 4.41. The summed E-state index contributed by atoms with van der Waals surface area (Å²) in [6.07, 6.45) is 4.58. The van der Waals surface area contributed by atoms with E-state index in [0.717, 1.165) is 6.54 Å². The minimum Gasteiger partial charge on any atom is -0.272 e. The second-order valence-electron chi connectivity index (χ2n) is 3.73. The molecule has 0 fully saturated rings. The van der Waals surface area contributed by atoms with E-state index >= 15 is 0 Å². The fourth-order valence-corrected chi connectivity index (χ4v) is 3.99. The Morgan fingerprint density at radius 1 is 1.64 bits per heavy atom. The molecule has 0 aromatic heterocycles. The van der Waals surface area contributed by atoms with Crippen molar-refractivity contribution in [2.45, 2.75) is 19.1 Å². The average Bonchev–Trinajstić information content (AvgIpc) is 2.00. The van der Waals surface area contributed by atoms with Crippen LogP contribution in [0.5, 0.6) is 0 Å². The van der Waals surface area contributed by atoms with Crippen molar-refractivity contribution in [3.63, 3.8) is 0 Å². The molecule has 0 bridgehead atoms. The van der Waals surface area contributed by atoms with Gasteiger partial charge < -0.3 is 0 Å². The van der Waals surface area contributed by atoms with E-state index in [1.54, 1.807) is 0 Å². The van der Waals surface area contributed by atoms with E-state index in [1.807, 2.05) is 0 Å². The van der Waals surface area contributed by atoms with Crippen LogP contribution in [0.2, 0.25) is 0 Å². The van der Waals surface area contributed by atoms with Crippen molar-refractivity contribution in [1.29, 1.82) is 0 Å². The third kappa shape index (κ3) is 1.00. The molecular formula is C9H19NS. The van der Waals surface area contributed by atoms with E-state index in [2.05, 4.69) is 48.8 Å². The predicted molar refractivity (Wildman–Crippen MR) is 57.5 cm³/mol. The summed E-state index contributed by atoms with van der Waals surface area (Å²) in [7, 11) is 0.656. The Bertz CT molecular complexity index is 254. The van der Waals surface area contributed by atoms with Crippen molar-refractivity contribution in [2.24, 2.45) is 0 Å². The molecule has 0 aliphatic carbocycles. The molecule has 0 amide bonds. The van der Waals surface area contributed by atoms with Gasteiger partial charge >= 0.3 is 0 Å². The van der Waals surface area contributed by atoms with Crippen molar-refractivity contribution < 1.29 is 0 Å². The van der Waals surface area contributed by atoms with Gasteiger partial charge in [0.1, 0.15) is 0 Å². The van der Waals surface area contributed by atoms with Crippen LogP contribution in [0.15, 0.2) is 11.5 Å². The molecule has 1 aliphatic rings. The number of hydrogen-bond acceptors (Lipinski definition) is 1. The van der Waals surface area contributed by atoms with Gasteiger partial charge in [-0.05, 0) is 18.7 Å². The van der Waals surface area contributed by atoms with E-state index < -0.39 is 8.94 Å². The summed E-state index contributed by atoms with van der Waals surface area (Å²) in [5, 5.41) is 2.97. The summed E-state index contributed by atoms with van der Waals surface area (Å²) in [6.45, 7) is 5.55. The van der Waals surface area contributed by atoms with E-state index in [0.29, 0.717) is 5.25 Å². The smallest absolute Gasteiger partial charge is 0.0151 e. The molecule has 0 aromatic carbocycles. The highest BCUT2D eigenvalue weighted by atomic mass is 32.3. The number of nitrogens with zero attached hydrogens (tertiary/aromatic N) is 1. The van der Waals surface area contributed by atoms with Gasteiger partial charge in [-0.25, -0.2) is 0 Å². The lowest BCUT2D eigenvalue weighted by Crippen LogP contribution is -2.37. The molecule has 0 saturated carbocycles. The van der Waals surface area contributed by atoms with E-state index in [4.69, 9.17) is 0 Å². The first kappa shape index (κ1) is 9.01. The summed E-state index contributed by atoms with van der Waals surface area (Å²) >= 11 is 0. The topological polar surface area (TPSA) is 3.24 Å². The molecule has 1 heterocycles. The lowest BCUT2D eigenvalue weighted by Gasteiger charge is -2.58. The van der Waals surface area contributed by atoms with Gasteiger partial charge in [-0.3, -0.25) is 4.31 Å². The molecule has 0 aromatic rings. The van der Waals surface area contributed by atoms with Crippen LogP contribution < -0.4 is 0 Å². The van der Waals surface area contributed by atoms with Crippen LogP contribution >= 0.6 is 8.94 Å². The van der Waals surface area contributed by atoms with Crippen LogP contribution in [0.3, 0.4) is 0 Å². The number of rotatable bonds is 2. The first-order valence-electron chi connectivity index (χ1n) is 4.07. The summed E-state index contributed by atoms with van der Waals surface area (Å²) in [5.74, 6) is 4.41. The van der Waals surface area contributed by atoms with E-state index in [9.17, 15) is 0 Å². The van der Waals surface area contributed by atoms with Crippen LogP contribution in [-0.2, 0) is 0 Å².